The molecule has 0 saturated heterocycles. The molecule has 0 amide bonds. The molecule has 1 N–H and O–H groups in total. The lowest BCUT2D eigenvalue weighted by atomic mass is 10.2. The first-order valence-electron chi connectivity index (χ1n) is 6.44. The molecule has 0 spiro atoms. The molecule has 1 aromatic heterocycles. The average molecular weight is 275 g/mol. The summed E-state index contributed by atoms with van der Waals surface area (Å²) in [6.45, 7) is 2.58. The maximum absolute atomic E-state index is 11.9. The van der Waals surface area contributed by atoms with Crippen molar-refractivity contribution in [3.05, 3.63) is 47.3 Å². The minimum Gasteiger partial charge on any atom is -0.456 e. The molecule has 0 aliphatic carbocycles. The maximum atomic E-state index is 11.9. The predicted octanol–water partition coefficient (Wildman–Crippen LogP) is 1.33. The molecule has 0 unspecified atom stereocenters. The van der Waals surface area contributed by atoms with Crippen LogP contribution in [0.25, 0.3) is 0 Å². The topological polar surface area (TPSA) is 77.2 Å². The van der Waals surface area contributed by atoms with Gasteiger partial charge in [0.25, 0.3) is 0 Å². The van der Waals surface area contributed by atoms with Crippen LogP contribution < -0.4 is 0 Å². The highest BCUT2D eigenvalue weighted by molar-refractivity contribution is 5.88. The molecule has 6 nitrogen and oxygen atoms in total. The molecule has 1 heterocycles. The third kappa shape index (κ3) is 3.42. The van der Waals surface area contributed by atoms with E-state index in [4.69, 9.17) is 9.84 Å². The van der Waals surface area contributed by atoms with E-state index in [0.717, 1.165) is 5.56 Å². The van der Waals surface area contributed by atoms with Crippen LogP contribution in [0.1, 0.15) is 28.2 Å². The Morgan fingerprint density at radius 1 is 1.35 bits per heavy atom. The number of ether oxygens (including phenoxy) is 1. The molecule has 1 aromatic carbocycles. The Kier molecular flexibility index (Phi) is 4.84. The highest BCUT2D eigenvalue weighted by Gasteiger charge is 2.17. The van der Waals surface area contributed by atoms with Crippen LogP contribution in [0.4, 0.5) is 0 Å². The first kappa shape index (κ1) is 14.2. The Morgan fingerprint density at radius 2 is 2.10 bits per heavy atom. The molecule has 0 aliphatic heterocycles. The van der Waals surface area contributed by atoms with Crippen LogP contribution in [0.2, 0.25) is 0 Å². The van der Waals surface area contributed by atoms with Crippen molar-refractivity contribution in [3.8, 4) is 0 Å². The molecular weight excluding hydrogens is 258 g/mol. The van der Waals surface area contributed by atoms with Crippen LogP contribution in [0.3, 0.4) is 0 Å². The quantitative estimate of drug-likeness (QED) is 0.805. The van der Waals surface area contributed by atoms with E-state index >= 15 is 0 Å². The van der Waals surface area contributed by atoms with Gasteiger partial charge in [0.05, 0.1) is 5.69 Å². The van der Waals surface area contributed by atoms with Gasteiger partial charge < -0.3 is 9.84 Å². The number of esters is 1. The number of aromatic nitrogens is 3. The standard InChI is InChI=1S/C14H17N3O3/c1-11-13(15-16-17(11)8-5-9-18)14(19)20-10-12-6-3-2-4-7-12/h2-4,6-7,18H,5,8-10H2,1H3. The fourth-order valence-electron chi connectivity index (χ4n) is 1.77. The molecule has 2 aromatic rings. The summed E-state index contributed by atoms with van der Waals surface area (Å²) in [5.41, 5.74) is 1.79. The van der Waals surface area contributed by atoms with Gasteiger partial charge in [-0.3, -0.25) is 0 Å². The van der Waals surface area contributed by atoms with Crippen LogP contribution >= 0.6 is 0 Å². The van der Waals surface area contributed by atoms with Crippen molar-refractivity contribution in [1.82, 2.24) is 15.0 Å². The number of aliphatic hydroxyl groups is 1. The van der Waals surface area contributed by atoms with Crippen LogP contribution in [-0.2, 0) is 17.9 Å². The molecule has 2 rings (SSSR count). The molecule has 0 bridgehead atoms. The average Bonchev–Trinajstić information content (AvgIpc) is 2.85. The minimum atomic E-state index is -0.485. The van der Waals surface area contributed by atoms with E-state index in [1.165, 1.54) is 0 Å². The Morgan fingerprint density at radius 3 is 2.80 bits per heavy atom. The van der Waals surface area contributed by atoms with Gasteiger partial charge in [0, 0.05) is 13.2 Å². The number of benzene rings is 1. The number of carbonyl (C=O) groups excluding carboxylic acids is 1. The van der Waals surface area contributed by atoms with E-state index in [-0.39, 0.29) is 18.9 Å². The van der Waals surface area contributed by atoms with Crippen molar-refractivity contribution in [2.24, 2.45) is 0 Å². The van der Waals surface area contributed by atoms with E-state index in [1.807, 2.05) is 30.3 Å². The lowest BCUT2D eigenvalue weighted by Crippen LogP contribution is -2.09. The largest absolute Gasteiger partial charge is 0.456 e. The molecular formula is C14H17N3O3. The third-order valence-electron chi connectivity index (χ3n) is 2.92. The summed E-state index contributed by atoms with van der Waals surface area (Å²) >= 11 is 0. The molecule has 0 radical (unpaired) electrons. The van der Waals surface area contributed by atoms with Crippen molar-refractivity contribution < 1.29 is 14.6 Å². The molecule has 0 aliphatic rings. The van der Waals surface area contributed by atoms with Crippen molar-refractivity contribution in [3.63, 3.8) is 0 Å². The van der Waals surface area contributed by atoms with Gasteiger partial charge in [0.1, 0.15) is 6.61 Å². The lowest BCUT2D eigenvalue weighted by molar-refractivity contribution is 0.0464. The minimum absolute atomic E-state index is 0.0765. The number of nitrogens with zero attached hydrogens (tertiary/aromatic N) is 3. The monoisotopic (exact) mass is 275 g/mol. The number of hydrogen-bond acceptors (Lipinski definition) is 5. The van der Waals surface area contributed by atoms with Crippen molar-refractivity contribution in [2.75, 3.05) is 6.61 Å². The van der Waals surface area contributed by atoms with Crippen LogP contribution in [0, 0.1) is 6.92 Å². The van der Waals surface area contributed by atoms with E-state index in [2.05, 4.69) is 10.3 Å². The van der Waals surface area contributed by atoms with Gasteiger partial charge >= 0.3 is 5.97 Å². The van der Waals surface area contributed by atoms with Crippen molar-refractivity contribution >= 4 is 5.97 Å². The fourth-order valence-corrected chi connectivity index (χ4v) is 1.77. The molecule has 0 atom stereocenters. The SMILES string of the molecule is Cc1c(C(=O)OCc2ccccc2)nnn1CCCO. The smallest absolute Gasteiger partial charge is 0.361 e. The zero-order valence-corrected chi connectivity index (χ0v) is 11.3. The predicted molar refractivity (Wildman–Crippen MR) is 72.0 cm³/mol. The zero-order valence-electron chi connectivity index (χ0n) is 11.3. The number of aryl methyl sites for hydroxylation is 1. The van der Waals surface area contributed by atoms with Crippen LogP contribution in [0.15, 0.2) is 30.3 Å². The van der Waals surface area contributed by atoms with Gasteiger partial charge in [0.15, 0.2) is 5.69 Å². The summed E-state index contributed by atoms with van der Waals surface area (Å²) in [4.78, 5) is 11.9. The second-order valence-electron chi connectivity index (χ2n) is 4.39. The summed E-state index contributed by atoms with van der Waals surface area (Å²) < 4.78 is 6.80. The Balaban J connectivity index is 1.97. The van der Waals surface area contributed by atoms with Gasteiger partial charge in [-0.2, -0.15) is 0 Å². The summed E-state index contributed by atoms with van der Waals surface area (Å²) in [5, 5.41) is 16.5. The highest BCUT2D eigenvalue weighted by atomic mass is 16.5. The first-order valence-corrected chi connectivity index (χ1v) is 6.44. The van der Waals surface area contributed by atoms with Gasteiger partial charge in [0.2, 0.25) is 0 Å². The number of aliphatic hydroxyl groups excluding tert-OH is 1. The van der Waals surface area contributed by atoms with Crippen molar-refractivity contribution in [1.29, 1.82) is 0 Å². The molecule has 106 valence electrons. The highest BCUT2D eigenvalue weighted by Crippen LogP contribution is 2.08. The van der Waals surface area contributed by atoms with E-state index in [9.17, 15) is 4.79 Å². The first-order chi connectivity index (χ1) is 9.72. The number of carbonyl (C=O) groups is 1. The lowest BCUT2D eigenvalue weighted by Gasteiger charge is -2.04. The number of rotatable bonds is 6. The van der Waals surface area contributed by atoms with Crippen molar-refractivity contribution in [2.45, 2.75) is 26.5 Å². The second kappa shape index (κ2) is 6.81. The third-order valence-corrected chi connectivity index (χ3v) is 2.92. The normalized spacial score (nSPS) is 10.5. The Labute approximate surface area is 117 Å². The van der Waals surface area contributed by atoms with Gasteiger partial charge in [-0.15, -0.1) is 5.10 Å². The molecule has 20 heavy (non-hydrogen) atoms. The summed E-state index contributed by atoms with van der Waals surface area (Å²) in [7, 11) is 0. The molecule has 0 fully saturated rings. The summed E-state index contributed by atoms with van der Waals surface area (Å²) in [6, 6.07) is 9.46. The van der Waals surface area contributed by atoms with Crippen LogP contribution in [-0.4, -0.2) is 32.7 Å². The van der Waals surface area contributed by atoms with Crippen LogP contribution in [0.5, 0.6) is 0 Å². The second-order valence-corrected chi connectivity index (χ2v) is 4.39. The van der Waals surface area contributed by atoms with E-state index in [0.29, 0.717) is 18.7 Å². The maximum Gasteiger partial charge on any atom is 0.361 e. The number of hydrogen-bond donors (Lipinski definition) is 1. The summed E-state index contributed by atoms with van der Waals surface area (Å²) in [6.07, 6.45) is 0.572. The molecule has 0 saturated carbocycles. The Hall–Kier alpha value is -2.21. The zero-order chi connectivity index (χ0) is 14.4. The fraction of sp³-hybridized carbons (Fsp3) is 0.357. The van der Waals surface area contributed by atoms with Gasteiger partial charge in [-0.25, -0.2) is 9.48 Å². The van der Waals surface area contributed by atoms with Gasteiger partial charge in [-0.05, 0) is 18.9 Å². The summed E-state index contributed by atoms with van der Waals surface area (Å²) in [5.74, 6) is -0.485. The van der Waals surface area contributed by atoms with Gasteiger partial charge in [-0.1, -0.05) is 35.5 Å². The molecule has 6 heteroatoms. The van der Waals surface area contributed by atoms with E-state index < -0.39 is 5.97 Å². The Bertz CT molecular complexity index is 566. The van der Waals surface area contributed by atoms with E-state index in [1.54, 1.807) is 11.6 Å².